The average molecular weight is 203 g/mol. The van der Waals surface area contributed by atoms with Crippen molar-refractivity contribution in [1.29, 1.82) is 0 Å². The highest BCUT2D eigenvalue weighted by Crippen LogP contribution is 2.42. The van der Waals surface area contributed by atoms with E-state index < -0.39 is 11.0 Å². The summed E-state index contributed by atoms with van der Waals surface area (Å²) in [6.07, 6.45) is 2.23. The summed E-state index contributed by atoms with van der Waals surface area (Å²) in [4.78, 5) is 0. The molecule has 1 aliphatic heterocycles. The second-order valence-electron chi connectivity index (χ2n) is 4.83. The zero-order valence-electron chi connectivity index (χ0n) is 9.39. The highest BCUT2D eigenvalue weighted by Gasteiger charge is 2.54. The zero-order valence-corrected chi connectivity index (χ0v) is 10.2. The Kier molecular flexibility index (Phi) is 2.89. The van der Waals surface area contributed by atoms with E-state index in [0.29, 0.717) is 0 Å². The molecule has 1 saturated heterocycles. The predicted molar refractivity (Wildman–Crippen MR) is 57.9 cm³/mol. The molecule has 0 saturated carbocycles. The Balaban J connectivity index is 2.65. The van der Waals surface area contributed by atoms with Crippen LogP contribution in [0.2, 0.25) is 0 Å². The summed E-state index contributed by atoms with van der Waals surface area (Å²) >= 11 is 0. The first-order chi connectivity index (χ1) is 5.87. The van der Waals surface area contributed by atoms with E-state index >= 15 is 0 Å². The third-order valence-electron chi connectivity index (χ3n) is 2.90. The SMILES string of the molecule is CCC1(CC)CN1[S@](=O)C(C)(C)C. The van der Waals surface area contributed by atoms with E-state index in [1.807, 2.05) is 20.8 Å². The molecule has 0 aliphatic carbocycles. The van der Waals surface area contributed by atoms with Gasteiger partial charge >= 0.3 is 0 Å². The van der Waals surface area contributed by atoms with Crippen molar-refractivity contribution in [2.45, 2.75) is 57.7 Å². The molecule has 0 bridgehead atoms. The molecule has 1 rings (SSSR count). The normalized spacial score (nSPS) is 28.5. The van der Waals surface area contributed by atoms with Gasteiger partial charge in [-0.25, -0.2) is 8.51 Å². The van der Waals surface area contributed by atoms with Crippen LogP contribution in [0.15, 0.2) is 0 Å². The maximum Gasteiger partial charge on any atom is 0.100 e. The van der Waals surface area contributed by atoms with Crippen molar-refractivity contribution in [2.75, 3.05) is 6.54 Å². The largest absolute Gasteiger partial charge is 0.242 e. The first kappa shape index (κ1) is 11.2. The van der Waals surface area contributed by atoms with Gasteiger partial charge < -0.3 is 0 Å². The smallest absolute Gasteiger partial charge is 0.100 e. The molecule has 0 aromatic carbocycles. The second kappa shape index (κ2) is 3.35. The summed E-state index contributed by atoms with van der Waals surface area (Å²) < 4.78 is 14.0. The van der Waals surface area contributed by atoms with Crippen molar-refractivity contribution in [3.63, 3.8) is 0 Å². The third-order valence-corrected chi connectivity index (χ3v) is 4.87. The minimum atomic E-state index is -0.814. The summed E-state index contributed by atoms with van der Waals surface area (Å²) in [5, 5.41) is 0. The molecule has 2 nitrogen and oxygen atoms in total. The molecule has 0 amide bonds. The highest BCUT2D eigenvalue weighted by atomic mass is 32.2. The Morgan fingerprint density at radius 1 is 1.31 bits per heavy atom. The Morgan fingerprint density at radius 3 is 2.00 bits per heavy atom. The molecule has 0 radical (unpaired) electrons. The van der Waals surface area contributed by atoms with Crippen molar-refractivity contribution < 1.29 is 4.21 Å². The summed E-state index contributed by atoms with van der Waals surface area (Å²) in [6, 6.07) is 0. The van der Waals surface area contributed by atoms with Crippen LogP contribution in [0.5, 0.6) is 0 Å². The van der Waals surface area contributed by atoms with E-state index in [4.69, 9.17) is 0 Å². The lowest BCUT2D eigenvalue weighted by Gasteiger charge is -2.21. The van der Waals surface area contributed by atoms with Gasteiger partial charge in [0.15, 0.2) is 0 Å². The van der Waals surface area contributed by atoms with Gasteiger partial charge in [-0.1, -0.05) is 13.8 Å². The number of hydrogen-bond donors (Lipinski definition) is 0. The molecule has 1 unspecified atom stereocenters. The lowest BCUT2D eigenvalue weighted by atomic mass is 10.1. The van der Waals surface area contributed by atoms with E-state index in [2.05, 4.69) is 18.2 Å². The Hall–Kier alpha value is 0.110. The monoisotopic (exact) mass is 203 g/mol. The highest BCUT2D eigenvalue weighted by molar-refractivity contribution is 7.84. The zero-order chi connectivity index (χ0) is 10.3. The van der Waals surface area contributed by atoms with Gasteiger partial charge in [0.05, 0.1) is 4.75 Å². The quantitative estimate of drug-likeness (QED) is 0.645. The van der Waals surface area contributed by atoms with Crippen LogP contribution in [-0.2, 0) is 11.0 Å². The van der Waals surface area contributed by atoms with Crippen LogP contribution in [0.4, 0.5) is 0 Å². The average Bonchev–Trinajstić information content (AvgIpc) is 2.76. The van der Waals surface area contributed by atoms with Crippen molar-refractivity contribution in [1.82, 2.24) is 4.31 Å². The summed E-state index contributed by atoms with van der Waals surface area (Å²) in [5.41, 5.74) is 0.262. The van der Waals surface area contributed by atoms with Gasteiger partial charge in [-0.15, -0.1) is 0 Å². The van der Waals surface area contributed by atoms with Crippen LogP contribution in [0.3, 0.4) is 0 Å². The van der Waals surface area contributed by atoms with Gasteiger partial charge in [0, 0.05) is 12.1 Å². The van der Waals surface area contributed by atoms with Crippen molar-refractivity contribution in [3.8, 4) is 0 Å². The topological polar surface area (TPSA) is 20.1 Å². The predicted octanol–water partition coefficient (Wildman–Crippen LogP) is 2.32. The molecule has 3 heteroatoms. The maximum atomic E-state index is 12.0. The molecule has 0 spiro atoms. The van der Waals surface area contributed by atoms with Crippen LogP contribution >= 0.6 is 0 Å². The molecule has 0 N–H and O–H groups in total. The molecule has 13 heavy (non-hydrogen) atoms. The minimum absolute atomic E-state index is 0.105. The third kappa shape index (κ3) is 1.96. The lowest BCUT2D eigenvalue weighted by Crippen LogP contribution is -2.31. The number of nitrogens with zero attached hydrogens (tertiary/aromatic N) is 1. The van der Waals surface area contributed by atoms with Crippen molar-refractivity contribution in [3.05, 3.63) is 0 Å². The maximum absolute atomic E-state index is 12.0. The van der Waals surface area contributed by atoms with E-state index in [0.717, 1.165) is 19.4 Å². The number of hydrogen-bond acceptors (Lipinski definition) is 1. The fourth-order valence-electron chi connectivity index (χ4n) is 1.62. The molecule has 0 aromatic heterocycles. The van der Waals surface area contributed by atoms with E-state index in [1.54, 1.807) is 0 Å². The van der Waals surface area contributed by atoms with Crippen LogP contribution in [0.1, 0.15) is 47.5 Å². The number of rotatable bonds is 3. The Labute approximate surface area is 84.3 Å². The van der Waals surface area contributed by atoms with Gasteiger partial charge in [0.1, 0.15) is 11.0 Å². The molecular formula is C10H21NOS. The van der Waals surface area contributed by atoms with E-state index in [9.17, 15) is 4.21 Å². The first-order valence-electron chi connectivity index (χ1n) is 5.07. The fraction of sp³-hybridized carbons (Fsp3) is 1.00. The summed E-state index contributed by atoms with van der Waals surface area (Å²) in [6.45, 7) is 11.5. The van der Waals surface area contributed by atoms with Crippen LogP contribution < -0.4 is 0 Å². The minimum Gasteiger partial charge on any atom is -0.242 e. The van der Waals surface area contributed by atoms with Gasteiger partial charge in [-0.05, 0) is 33.6 Å². The van der Waals surface area contributed by atoms with Crippen LogP contribution in [-0.4, -0.2) is 25.3 Å². The van der Waals surface area contributed by atoms with Gasteiger partial charge in [-0.3, -0.25) is 0 Å². The van der Waals surface area contributed by atoms with Gasteiger partial charge in [0.25, 0.3) is 0 Å². The fourth-order valence-corrected chi connectivity index (χ4v) is 3.25. The Bertz CT molecular complexity index is 215. The standard InChI is InChI=1S/C10H21NOS/c1-6-10(7-2)8-11(10)13(12)9(3,4)5/h6-8H2,1-5H3/t11?,13-/m1/s1. The Morgan fingerprint density at radius 2 is 1.77 bits per heavy atom. The van der Waals surface area contributed by atoms with Crippen LogP contribution in [0.25, 0.3) is 0 Å². The van der Waals surface area contributed by atoms with E-state index in [-0.39, 0.29) is 10.3 Å². The van der Waals surface area contributed by atoms with Crippen molar-refractivity contribution >= 4 is 11.0 Å². The van der Waals surface area contributed by atoms with Gasteiger partial charge in [0.2, 0.25) is 0 Å². The molecule has 1 aliphatic rings. The van der Waals surface area contributed by atoms with Crippen molar-refractivity contribution in [2.24, 2.45) is 0 Å². The molecule has 0 aromatic rings. The molecular weight excluding hydrogens is 182 g/mol. The molecule has 1 fully saturated rings. The second-order valence-corrected chi connectivity index (χ2v) is 6.99. The lowest BCUT2D eigenvalue weighted by molar-refractivity contribution is 0.490. The molecule has 2 atom stereocenters. The first-order valence-corrected chi connectivity index (χ1v) is 6.17. The molecule has 78 valence electrons. The summed E-state index contributed by atoms with van der Waals surface area (Å²) in [7, 11) is -0.814. The van der Waals surface area contributed by atoms with E-state index in [1.165, 1.54) is 0 Å². The van der Waals surface area contributed by atoms with Gasteiger partial charge in [-0.2, -0.15) is 0 Å². The summed E-state index contributed by atoms with van der Waals surface area (Å²) in [5.74, 6) is 0. The molecule has 1 heterocycles. The van der Waals surface area contributed by atoms with Crippen LogP contribution in [0, 0.1) is 0 Å².